The molecule has 0 aromatic carbocycles. The van der Waals surface area contributed by atoms with Crippen LogP contribution in [0.15, 0.2) is 22.5 Å². The number of hydrogen-bond donors (Lipinski definition) is 3. The first-order valence-electron chi connectivity index (χ1n) is 4.34. The Kier molecular flexibility index (Phi) is 4.45. The number of hydroxylamine groups is 1. The monoisotopic (exact) mass is 281 g/mol. The highest BCUT2D eigenvalue weighted by Crippen LogP contribution is 2.30. The minimum absolute atomic E-state index is 0.0147. The van der Waals surface area contributed by atoms with E-state index in [1.165, 1.54) is 5.48 Å². The van der Waals surface area contributed by atoms with E-state index < -0.39 is 17.7 Å². The minimum atomic E-state index is -4.52. The Morgan fingerprint density at radius 2 is 2.22 bits per heavy atom. The second-order valence-corrected chi connectivity index (χ2v) is 3.34. The highest BCUT2D eigenvalue weighted by Gasteiger charge is 2.31. The number of rotatable bonds is 2. The highest BCUT2D eigenvalue weighted by molar-refractivity contribution is 6.32. The second kappa shape index (κ2) is 5.65. The van der Waals surface area contributed by atoms with Gasteiger partial charge in [-0.3, -0.25) is 10.2 Å². The van der Waals surface area contributed by atoms with Gasteiger partial charge in [0, 0.05) is 6.20 Å². The summed E-state index contributed by atoms with van der Waals surface area (Å²) in [5.41, 5.74) is 5.55. The van der Waals surface area contributed by atoms with Crippen molar-refractivity contribution in [2.75, 3.05) is 0 Å². The molecule has 0 fully saturated rings. The summed E-state index contributed by atoms with van der Waals surface area (Å²) in [7, 11) is 0. The third kappa shape index (κ3) is 3.86. The molecule has 10 heteroatoms. The maximum absolute atomic E-state index is 12.3. The van der Waals surface area contributed by atoms with Gasteiger partial charge in [0.15, 0.2) is 0 Å². The predicted octanol–water partition coefficient (Wildman–Crippen LogP) is 1.38. The van der Waals surface area contributed by atoms with Crippen molar-refractivity contribution in [3.8, 4) is 0 Å². The van der Waals surface area contributed by atoms with Gasteiger partial charge < -0.3 is 5.73 Å². The van der Waals surface area contributed by atoms with Crippen LogP contribution in [0.4, 0.5) is 13.2 Å². The first-order chi connectivity index (χ1) is 8.34. The van der Waals surface area contributed by atoms with Crippen molar-refractivity contribution >= 4 is 23.8 Å². The molecule has 0 aliphatic carbocycles. The molecule has 0 bridgehead atoms. The van der Waals surface area contributed by atoms with Gasteiger partial charge in [0.1, 0.15) is 5.69 Å². The third-order valence-corrected chi connectivity index (χ3v) is 1.96. The molecule has 0 unspecified atom stereocenters. The molecule has 0 saturated heterocycles. The third-order valence-electron chi connectivity index (χ3n) is 1.66. The molecule has 0 atom stereocenters. The summed E-state index contributed by atoms with van der Waals surface area (Å²) >= 11 is 5.59. The van der Waals surface area contributed by atoms with Crippen LogP contribution in [-0.4, -0.2) is 22.4 Å². The van der Waals surface area contributed by atoms with E-state index in [2.05, 4.69) is 15.2 Å². The zero-order valence-corrected chi connectivity index (χ0v) is 9.37. The molecule has 18 heavy (non-hydrogen) atoms. The fraction of sp³-hybridized carbons (Fsp3) is 0.125. The van der Waals surface area contributed by atoms with Crippen LogP contribution in [0.5, 0.6) is 0 Å². The van der Waals surface area contributed by atoms with Crippen molar-refractivity contribution < 1.29 is 18.4 Å². The summed E-state index contributed by atoms with van der Waals surface area (Å²) in [6.45, 7) is 0. The molecule has 1 aromatic heterocycles. The van der Waals surface area contributed by atoms with E-state index >= 15 is 0 Å². The lowest BCUT2D eigenvalue weighted by atomic mass is 10.2. The molecular formula is C8H7ClF3N5O. The number of guanidine groups is 1. The first-order valence-corrected chi connectivity index (χ1v) is 4.71. The van der Waals surface area contributed by atoms with Crippen LogP contribution in [0.3, 0.4) is 0 Å². The Balaban J connectivity index is 2.94. The lowest BCUT2D eigenvalue weighted by Gasteiger charge is -2.06. The minimum Gasteiger partial charge on any atom is -0.367 e. The van der Waals surface area contributed by atoms with E-state index in [4.69, 9.17) is 22.5 Å². The average Bonchev–Trinajstić information content (AvgIpc) is 2.29. The van der Waals surface area contributed by atoms with E-state index in [1.54, 1.807) is 0 Å². The van der Waals surface area contributed by atoms with Gasteiger partial charge in [-0.2, -0.15) is 18.3 Å². The van der Waals surface area contributed by atoms with Crippen molar-refractivity contribution in [3.63, 3.8) is 0 Å². The molecule has 4 N–H and O–H groups in total. The van der Waals surface area contributed by atoms with Gasteiger partial charge in [-0.1, -0.05) is 11.6 Å². The lowest BCUT2D eigenvalue weighted by molar-refractivity contribution is -0.137. The molecule has 0 aliphatic heterocycles. The van der Waals surface area contributed by atoms with Crippen LogP contribution < -0.4 is 11.2 Å². The summed E-state index contributed by atoms with van der Waals surface area (Å²) in [6.07, 6.45) is -2.91. The Morgan fingerprint density at radius 3 is 2.72 bits per heavy atom. The zero-order chi connectivity index (χ0) is 13.8. The Labute approximate surface area is 104 Å². The summed E-state index contributed by atoms with van der Waals surface area (Å²) in [5.74, 6) is -0.394. The average molecular weight is 282 g/mol. The standard InChI is InChI=1S/C8H7ClF3N5O/c9-5-1-4(8(10,11)12)2-14-6(5)3-15-16-7(13)17-18/h1-3,18H,(H3,13,16,17)/b15-3+. The fourth-order valence-electron chi connectivity index (χ4n) is 0.867. The van der Waals surface area contributed by atoms with Gasteiger partial charge in [-0.15, -0.1) is 5.10 Å². The number of nitrogens with one attached hydrogen (secondary N) is 1. The molecule has 98 valence electrons. The van der Waals surface area contributed by atoms with Crippen molar-refractivity contribution in [3.05, 3.63) is 28.5 Å². The first kappa shape index (κ1) is 14.2. The summed E-state index contributed by atoms with van der Waals surface area (Å²) in [5, 5.41) is 14.6. The van der Waals surface area contributed by atoms with Crippen LogP contribution >= 0.6 is 11.6 Å². The number of pyridine rings is 1. The van der Waals surface area contributed by atoms with Gasteiger partial charge in [-0.25, -0.2) is 5.48 Å². The molecule has 0 radical (unpaired) electrons. The SMILES string of the molecule is N/C(=N\N=C\c1ncc(C(F)(F)F)cc1Cl)NO. The number of halogens is 4. The zero-order valence-electron chi connectivity index (χ0n) is 8.61. The van der Waals surface area contributed by atoms with Crippen LogP contribution in [0.2, 0.25) is 5.02 Å². The number of alkyl halides is 3. The van der Waals surface area contributed by atoms with E-state index in [9.17, 15) is 13.2 Å². The summed E-state index contributed by atoms with van der Waals surface area (Å²) in [4.78, 5) is 3.47. The smallest absolute Gasteiger partial charge is 0.367 e. The maximum Gasteiger partial charge on any atom is 0.417 e. The van der Waals surface area contributed by atoms with Gasteiger partial charge in [0.05, 0.1) is 16.8 Å². The molecule has 0 spiro atoms. The van der Waals surface area contributed by atoms with Crippen molar-refractivity contribution in [2.45, 2.75) is 6.18 Å². The van der Waals surface area contributed by atoms with Crippen LogP contribution in [0.1, 0.15) is 11.3 Å². The van der Waals surface area contributed by atoms with E-state index in [0.717, 1.165) is 6.21 Å². The van der Waals surface area contributed by atoms with Crippen molar-refractivity contribution in [1.82, 2.24) is 10.5 Å². The van der Waals surface area contributed by atoms with Crippen LogP contribution in [0.25, 0.3) is 0 Å². The maximum atomic E-state index is 12.3. The number of nitrogens with two attached hydrogens (primary N) is 1. The summed E-state index contributed by atoms with van der Waals surface area (Å²) in [6, 6.07) is 0.716. The van der Waals surface area contributed by atoms with Crippen LogP contribution in [-0.2, 0) is 6.18 Å². The number of nitrogens with zero attached hydrogens (tertiary/aromatic N) is 3. The number of aromatic nitrogens is 1. The van der Waals surface area contributed by atoms with Crippen LogP contribution in [0, 0.1) is 0 Å². The van der Waals surface area contributed by atoms with E-state index in [1.807, 2.05) is 0 Å². The Hall–Kier alpha value is -1.87. The molecule has 6 nitrogen and oxygen atoms in total. The fourth-order valence-corrected chi connectivity index (χ4v) is 1.08. The van der Waals surface area contributed by atoms with Gasteiger partial charge in [0.25, 0.3) is 0 Å². The summed E-state index contributed by atoms with van der Waals surface area (Å²) < 4.78 is 36.9. The Morgan fingerprint density at radius 1 is 1.56 bits per heavy atom. The molecule has 0 amide bonds. The van der Waals surface area contributed by atoms with Gasteiger partial charge >= 0.3 is 6.18 Å². The number of hydrogen-bond acceptors (Lipinski definition) is 4. The molecule has 0 aliphatic rings. The molecule has 1 aromatic rings. The molecule has 1 rings (SSSR count). The second-order valence-electron chi connectivity index (χ2n) is 2.93. The van der Waals surface area contributed by atoms with Crippen molar-refractivity contribution in [1.29, 1.82) is 0 Å². The molecular weight excluding hydrogens is 275 g/mol. The molecule has 0 saturated carbocycles. The van der Waals surface area contributed by atoms with E-state index in [-0.39, 0.29) is 10.7 Å². The topological polar surface area (TPSA) is 95.9 Å². The van der Waals surface area contributed by atoms with Gasteiger partial charge in [-0.05, 0) is 6.07 Å². The largest absolute Gasteiger partial charge is 0.417 e. The lowest BCUT2D eigenvalue weighted by Crippen LogP contribution is -2.27. The predicted molar refractivity (Wildman–Crippen MR) is 58.4 cm³/mol. The normalized spacial score (nSPS) is 13.1. The highest BCUT2D eigenvalue weighted by atomic mass is 35.5. The quantitative estimate of drug-likeness (QED) is 0.433. The van der Waals surface area contributed by atoms with Gasteiger partial charge in [0.2, 0.25) is 5.96 Å². The molecule has 1 heterocycles. The Bertz CT molecular complexity index is 488. The van der Waals surface area contributed by atoms with E-state index in [0.29, 0.717) is 12.3 Å². The van der Waals surface area contributed by atoms with Crippen molar-refractivity contribution in [2.24, 2.45) is 15.9 Å².